The third kappa shape index (κ3) is 5.17. The maximum Gasteiger partial charge on any atom is 0.300 e. The highest BCUT2D eigenvalue weighted by atomic mass is 16.5. The van der Waals surface area contributed by atoms with E-state index in [1.54, 1.807) is 24.3 Å². The SMILES string of the molecule is CCOc1ccc(C2/C(=C(\O)c3cc(C(C)(C)C)ccc3C)C(=O)C(=O)N2c2ccc(OCC)cc2)cc1. The van der Waals surface area contributed by atoms with E-state index < -0.39 is 17.7 Å². The molecular formula is C32H35NO5. The van der Waals surface area contributed by atoms with Crippen LogP contribution in [0, 0.1) is 6.92 Å². The van der Waals surface area contributed by atoms with Crippen LogP contribution < -0.4 is 14.4 Å². The summed E-state index contributed by atoms with van der Waals surface area (Å²) in [7, 11) is 0. The van der Waals surface area contributed by atoms with E-state index in [1.807, 2.05) is 63.2 Å². The van der Waals surface area contributed by atoms with Gasteiger partial charge in [0, 0.05) is 11.3 Å². The summed E-state index contributed by atoms with van der Waals surface area (Å²) in [4.78, 5) is 28.5. The standard InChI is InChI=1S/C32H35NO5/c1-7-37-24-15-10-21(11-16-24)28-27(29(34)26-19-22(32(4,5)6)12-9-20(26)3)30(35)31(36)33(28)23-13-17-25(18-14-23)38-8-2/h9-19,28,34H,7-8H2,1-6H3/b29-27+. The molecule has 6 heteroatoms. The number of anilines is 1. The Hall–Kier alpha value is -4.06. The molecule has 0 aromatic heterocycles. The highest BCUT2D eigenvalue weighted by molar-refractivity contribution is 6.51. The van der Waals surface area contributed by atoms with Crippen LogP contribution in [0.5, 0.6) is 11.5 Å². The summed E-state index contributed by atoms with van der Waals surface area (Å²) >= 11 is 0. The number of nitrogens with zero attached hydrogens (tertiary/aromatic N) is 1. The molecule has 0 aliphatic carbocycles. The Kier molecular flexibility index (Phi) is 7.63. The van der Waals surface area contributed by atoms with E-state index in [1.165, 1.54) is 4.90 Å². The fraction of sp³-hybridized carbons (Fsp3) is 0.312. The Labute approximate surface area is 224 Å². The van der Waals surface area contributed by atoms with E-state index in [9.17, 15) is 14.7 Å². The van der Waals surface area contributed by atoms with E-state index in [0.717, 1.165) is 11.1 Å². The lowest BCUT2D eigenvalue weighted by Crippen LogP contribution is -2.29. The molecule has 0 radical (unpaired) electrons. The number of aryl methyl sites for hydroxylation is 1. The summed E-state index contributed by atoms with van der Waals surface area (Å²) < 4.78 is 11.1. The van der Waals surface area contributed by atoms with Crippen molar-refractivity contribution in [2.45, 2.75) is 53.0 Å². The number of Topliss-reactive ketones (excluding diaryl/α,β-unsaturated/α-hetero) is 1. The maximum atomic E-state index is 13.6. The normalized spacial score (nSPS) is 17.1. The van der Waals surface area contributed by atoms with E-state index in [4.69, 9.17) is 9.47 Å². The smallest absolute Gasteiger partial charge is 0.300 e. The summed E-state index contributed by atoms with van der Waals surface area (Å²) in [6, 6.07) is 19.4. The first-order chi connectivity index (χ1) is 18.1. The first kappa shape index (κ1) is 27.0. The molecule has 0 bridgehead atoms. The molecule has 198 valence electrons. The first-order valence-corrected chi connectivity index (χ1v) is 12.9. The highest BCUT2D eigenvalue weighted by Crippen LogP contribution is 2.43. The minimum absolute atomic E-state index is 0.0576. The number of aliphatic hydroxyl groups excluding tert-OH is 1. The quantitative estimate of drug-likeness (QED) is 0.216. The second-order valence-corrected chi connectivity index (χ2v) is 10.4. The van der Waals surface area contributed by atoms with Gasteiger partial charge in [-0.15, -0.1) is 0 Å². The summed E-state index contributed by atoms with van der Waals surface area (Å²) in [6.07, 6.45) is 0. The predicted molar refractivity (Wildman–Crippen MR) is 150 cm³/mol. The van der Waals surface area contributed by atoms with Gasteiger partial charge in [-0.1, -0.05) is 45.0 Å². The van der Waals surface area contributed by atoms with Crippen LogP contribution in [0.1, 0.15) is 62.9 Å². The zero-order valence-corrected chi connectivity index (χ0v) is 22.9. The highest BCUT2D eigenvalue weighted by Gasteiger charge is 2.47. The van der Waals surface area contributed by atoms with Crippen molar-refractivity contribution < 1.29 is 24.2 Å². The molecule has 1 N–H and O–H groups in total. The minimum atomic E-state index is -0.818. The van der Waals surface area contributed by atoms with Crippen LogP contribution in [0.15, 0.2) is 72.3 Å². The van der Waals surface area contributed by atoms with Crippen molar-refractivity contribution in [3.8, 4) is 11.5 Å². The zero-order chi connectivity index (χ0) is 27.6. The first-order valence-electron chi connectivity index (χ1n) is 12.9. The molecule has 0 saturated carbocycles. The van der Waals surface area contributed by atoms with Gasteiger partial charge in [0.15, 0.2) is 0 Å². The van der Waals surface area contributed by atoms with E-state index in [0.29, 0.717) is 41.5 Å². The lowest BCUT2D eigenvalue weighted by molar-refractivity contribution is -0.132. The van der Waals surface area contributed by atoms with Gasteiger partial charge in [-0.2, -0.15) is 0 Å². The molecule has 1 amide bonds. The van der Waals surface area contributed by atoms with Gasteiger partial charge in [0.1, 0.15) is 17.3 Å². The van der Waals surface area contributed by atoms with Crippen molar-refractivity contribution in [3.63, 3.8) is 0 Å². The fourth-order valence-corrected chi connectivity index (χ4v) is 4.69. The summed E-state index contributed by atoms with van der Waals surface area (Å²) in [5.74, 6) is -0.252. The van der Waals surface area contributed by atoms with Gasteiger partial charge in [0.25, 0.3) is 11.7 Å². The second-order valence-electron chi connectivity index (χ2n) is 10.4. The van der Waals surface area contributed by atoms with Crippen molar-refractivity contribution in [1.82, 2.24) is 0 Å². The number of hydrogen-bond donors (Lipinski definition) is 1. The third-order valence-electron chi connectivity index (χ3n) is 6.74. The van der Waals surface area contributed by atoms with Crippen LogP contribution in [0.3, 0.4) is 0 Å². The largest absolute Gasteiger partial charge is 0.507 e. The van der Waals surface area contributed by atoms with Gasteiger partial charge >= 0.3 is 0 Å². The summed E-state index contributed by atoms with van der Waals surface area (Å²) in [5, 5.41) is 11.7. The zero-order valence-electron chi connectivity index (χ0n) is 22.9. The molecule has 3 aromatic carbocycles. The van der Waals surface area contributed by atoms with Crippen LogP contribution in [0.4, 0.5) is 5.69 Å². The number of rotatable bonds is 7. The molecule has 1 aliphatic heterocycles. The topological polar surface area (TPSA) is 76.1 Å². The molecule has 3 aromatic rings. The predicted octanol–water partition coefficient (Wildman–Crippen LogP) is 6.72. The molecule has 1 heterocycles. The molecule has 1 atom stereocenters. The number of carbonyl (C=O) groups excluding carboxylic acids is 2. The van der Waals surface area contributed by atoms with Crippen LogP contribution in [0.2, 0.25) is 0 Å². The molecule has 1 aliphatic rings. The fourth-order valence-electron chi connectivity index (χ4n) is 4.69. The van der Waals surface area contributed by atoms with Gasteiger partial charge in [0.05, 0.1) is 24.8 Å². The van der Waals surface area contributed by atoms with Crippen molar-refractivity contribution in [2.75, 3.05) is 18.1 Å². The van der Waals surface area contributed by atoms with Crippen molar-refractivity contribution in [2.24, 2.45) is 0 Å². The molecule has 0 spiro atoms. The average molecular weight is 514 g/mol. The molecule has 1 unspecified atom stereocenters. The molecule has 38 heavy (non-hydrogen) atoms. The number of hydrogen-bond acceptors (Lipinski definition) is 5. The Balaban J connectivity index is 1.92. The Morgan fingerprint density at radius 2 is 1.42 bits per heavy atom. The molecule has 1 fully saturated rings. The van der Waals surface area contributed by atoms with Gasteiger partial charge in [-0.3, -0.25) is 14.5 Å². The number of ketones is 1. The van der Waals surface area contributed by atoms with Gasteiger partial charge in [-0.25, -0.2) is 0 Å². The Morgan fingerprint density at radius 1 is 0.868 bits per heavy atom. The van der Waals surface area contributed by atoms with Crippen molar-refractivity contribution in [3.05, 3.63) is 94.6 Å². The second kappa shape index (κ2) is 10.7. The van der Waals surface area contributed by atoms with E-state index in [2.05, 4.69) is 20.8 Å². The van der Waals surface area contributed by atoms with Crippen molar-refractivity contribution >= 4 is 23.1 Å². The number of benzene rings is 3. The minimum Gasteiger partial charge on any atom is -0.507 e. The van der Waals surface area contributed by atoms with E-state index >= 15 is 0 Å². The Bertz CT molecular complexity index is 1360. The van der Waals surface area contributed by atoms with Crippen LogP contribution in [-0.4, -0.2) is 30.0 Å². The van der Waals surface area contributed by atoms with Crippen LogP contribution >= 0.6 is 0 Å². The summed E-state index contributed by atoms with van der Waals surface area (Å²) in [6.45, 7) is 13.0. The van der Waals surface area contributed by atoms with E-state index in [-0.39, 0.29) is 16.7 Å². The molecule has 1 saturated heterocycles. The van der Waals surface area contributed by atoms with Gasteiger partial charge < -0.3 is 14.6 Å². The average Bonchev–Trinajstić information content (AvgIpc) is 3.15. The number of ether oxygens (including phenoxy) is 2. The molecular weight excluding hydrogens is 478 g/mol. The Morgan fingerprint density at radius 3 is 1.95 bits per heavy atom. The third-order valence-corrected chi connectivity index (χ3v) is 6.74. The lowest BCUT2D eigenvalue weighted by Gasteiger charge is -2.26. The number of amides is 1. The number of aliphatic hydroxyl groups is 1. The van der Waals surface area contributed by atoms with Crippen molar-refractivity contribution in [1.29, 1.82) is 0 Å². The summed E-state index contributed by atoms with van der Waals surface area (Å²) in [5.41, 5.74) is 3.49. The van der Waals surface area contributed by atoms with Crippen LogP contribution in [-0.2, 0) is 15.0 Å². The molecule has 6 nitrogen and oxygen atoms in total. The maximum absolute atomic E-state index is 13.6. The molecule has 4 rings (SSSR count). The monoisotopic (exact) mass is 513 g/mol. The lowest BCUT2D eigenvalue weighted by atomic mass is 9.84. The van der Waals surface area contributed by atoms with Gasteiger partial charge in [0.2, 0.25) is 0 Å². The van der Waals surface area contributed by atoms with Gasteiger partial charge in [-0.05, 0) is 85.3 Å². The van der Waals surface area contributed by atoms with Crippen LogP contribution in [0.25, 0.3) is 5.76 Å². The number of carbonyl (C=O) groups is 2.